The van der Waals surface area contributed by atoms with Crippen molar-refractivity contribution < 1.29 is 13.7 Å². The number of hydrogen-bond donors (Lipinski definition) is 1. The Morgan fingerprint density at radius 1 is 1.19 bits per heavy atom. The van der Waals surface area contributed by atoms with Crippen LogP contribution in [0.4, 0.5) is 10.1 Å². The minimum Gasteiger partial charge on any atom is -0.339 e. The number of carbonyl (C=O) groups is 1. The summed E-state index contributed by atoms with van der Waals surface area (Å²) >= 11 is 11.7. The second-order valence-electron chi connectivity index (χ2n) is 5.65. The van der Waals surface area contributed by atoms with Crippen LogP contribution in [0, 0.1) is 12.7 Å². The van der Waals surface area contributed by atoms with E-state index in [-0.39, 0.29) is 30.4 Å². The van der Waals surface area contributed by atoms with E-state index >= 15 is 0 Å². The molecule has 3 rings (SSSR count). The Morgan fingerprint density at radius 2 is 2.00 bits per heavy atom. The Hall–Kier alpha value is -2.44. The van der Waals surface area contributed by atoms with Gasteiger partial charge in [-0.15, -0.1) is 0 Å². The van der Waals surface area contributed by atoms with Crippen LogP contribution in [0.5, 0.6) is 0 Å². The largest absolute Gasteiger partial charge is 0.339 e. The first-order valence-corrected chi connectivity index (χ1v) is 8.52. The van der Waals surface area contributed by atoms with Crippen LogP contribution in [0.25, 0.3) is 11.4 Å². The molecule has 1 amide bonds. The first-order valence-electron chi connectivity index (χ1n) is 7.76. The monoisotopic (exact) mass is 393 g/mol. The highest BCUT2D eigenvalue weighted by Crippen LogP contribution is 2.25. The van der Waals surface area contributed by atoms with Gasteiger partial charge in [0, 0.05) is 24.1 Å². The minimum atomic E-state index is -0.338. The third kappa shape index (κ3) is 4.39. The number of hydrogen-bond acceptors (Lipinski definition) is 4. The highest BCUT2D eigenvalue weighted by molar-refractivity contribution is 6.42. The van der Waals surface area contributed by atoms with E-state index in [0.29, 0.717) is 32.8 Å². The number of anilines is 1. The summed E-state index contributed by atoms with van der Waals surface area (Å²) in [6.07, 6.45) is 0.401. The van der Waals surface area contributed by atoms with Gasteiger partial charge in [0.05, 0.1) is 10.0 Å². The molecule has 0 saturated carbocycles. The van der Waals surface area contributed by atoms with Crippen LogP contribution >= 0.6 is 23.2 Å². The van der Waals surface area contributed by atoms with Gasteiger partial charge in [-0.2, -0.15) is 4.98 Å². The lowest BCUT2D eigenvalue weighted by Gasteiger charge is -2.05. The van der Waals surface area contributed by atoms with E-state index in [0.717, 1.165) is 0 Å². The van der Waals surface area contributed by atoms with Crippen LogP contribution in [0.1, 0.15) is 17.9 Å². The summed E-state index contributed by atoms with van der Waals surface area (Å²) in [5.41, 5.74) is 1.60. The maximum atomic E-state index is 13.6. The van der Waals surface area contributed by atoms with Gasteiger partial charge in [0.25, 0.3) is 0 Å². The fourth-order valence-electron chi connectivity index (χ4n) is 2.22. The number of rotatable bonds is 5. The number of amides is 1. The average Bonchev–Trinajstić information content (AvgIpc) is 3.08. The molecule has 0 fully saturated rings. The summed E-state index contributed by atoms with van der Waals surface area (Å²) in [7, 11) is 0. The fraction of sp³-hybridized carbons (Fsp3) is 0.167. The van der Waals surface area contributed by atoms with E-state index in [1.165, 1.54) is 6.07 Å². The van der Waals surface area contributed by atoms with E-state index in [9.17, 15) is 9.18 Å². The molecule has 0 aliphatic rings. The van der Waals surface area contributed by atoms with Gasteiger partial charge in [-0.3, -0.25) is 4.79 Å². The molecule has 1 N–H and O–H groups in total. The lowest BCUT2D eigenvalue weighted by atomic mass is 10.1. The van der Waals surface area contributed by atoms with Crippen LogP contribution in [0.3, 0.4) is 0 Å². The molecule has 0 aliphatic carbocycles. The van der Waals surface area contributed by atoms with Crippen molar-refractivity contribution in [2.45, 2.75) is 19.8 Å². The number of benzene rings is 2. The minimum absolute atomic E-state index is 0.143. The summed E-state index contributed by atoms with van der Waals surface area (Å²) in [6.45, 7) is 1.67. The molecule has 3 aromatic rings. The van der Waals surface area contributed by atoms with Crippen molar-refractivity contribution in [3.63, 3.8) is 0 Å². The summed E-state index contributed by atoms with van der Waals surface area (Å²) < 4.78 is 18.8. The third-order valence-corrected chi connectivity index (χ3v) is 4.41. The van der Waals surface area contributed by atoms with Crippen molar-refractivity contribution in [1.29, 1.82) is 0 Å². The molecule has 1 heterocycles. The van der Waals surface area contributed by atoms with Crippen LogP contribution in [-0.2, 0) is 11.2 Å². The maximum Gasteiger partial charge on any atom is 0.227 e. The molecule has 26 heavy (non-hydrogen) atoms. The Balaban J connectivity index is 1.59. The number of carbonyl (C=O) groups excluding carboxylic acids is 1. The zero-order valence-corrected chi connectivity index (χ0v) is 15.2. The molecule has 0 unspecified atom stereocenters. The molecular weight excluding hydrogens is 380 g/mol. The Morgan fingerprint density at radius 3 is 2.73 bits per heavy atom. The Kier molecular flexibility index (Phi) is 5.54. The van der Waals surface area contributed by atoms with Crippen LogP contribution in [0.15, 0.2) is 40.9 Å². The van der Waals surface area contributed by atoms with Crippen LogP contribution < -0.4 is 5.32 Å². The van der Waals surface area contributed by atoms with Gasteiger partial charge in [0.2, 0.25) is 17.6 Å². The van der Waals surface area contributed by atoms with E-state index < -0.39 is 0 Å². The molecule has 0 atom stereocenters. The quantitative estimate of drug-likeness (QED) is 0.657. The van der Waals surface area contributed by atoms with Gasteiger partial charge in [0.1, 0.15) is 5.82 Å². The van der Waals surface area contributed by atoms with E-state index in [1.807, 2.05) is 0 Å². The Bertz CT molecular complexity index is 959. The second kappa shape index (κ2) is 7.85. The van der Waals surface area contributed by atoms with Gasteiger partial charge in [0.15, 0.2) is 0 Å². The van der Waals surface area contributed by atoms with Gasteiger partial charge in [-0.25, -0.2) is 4.39 Å². The number of aromatic nitrogens is 2. The summed E-state index contributed by atoms with van der Waals surface area (Å²) in [5, 5.41) is 7.31. The number of halogens is 3. The standard InChI is InChI=1S/C18H14Cl2FN3O2/c1-10-2-3-11(8-15(10)21)18-23-17(26-24-18)7-6-16(25)22-12-4-5-13(19)14(20)9-12/h2-5,8-9H,6-7H2,1H3,(H,22,25). The second-order valence-corrected chi connectivity index (χ2v) is 6.47. The van der Waals surface area contributed by atoms with Gasteiger partial charge in [-0.05, 0) is 36.8 Å². The zero-order valence-electron chi connectivity index (χ0n) is 13.7. The lowest BCUT2D eigenvalue weighted by molar-refractivity contribution is -0.116. The zero-order chi connectivity index (χ0) is 18.7. The molecule has 2 aromatic carbocycles. The van der Waals surface area contributed by atoms with Crippen molar-refractivity contribution >= 4 is 34.8 Å². The fourth-order valence-corrected chi connectivity index (χ4v) is 2.52. The van der Waals surface area contributed by atoms with Crippen molar-refractivity contribution in [2.75, 3.05) is 5.32 Å². The molecule has 5 nitrogen and oxygen atoms in total. The highest BCUT2D eigenvalue weighted by atomic mass is 35.5. The van der Waals surface area contributed by atoms with E-state index in [2.05, 4.69) is 15.5 Å². The predicted molar refractivity (Wildman–Crippen MR) is 97.8 cm³/mol. The summed E-state index contributed by atoms with van der Waals surface area (Å²) in [5.74, 6) is 0.00781. The number of aryl methyl sites for hydroxylation is 2. The van der Waals surface area contributed by atoms with Crippen molar-refractivity contribution in [2.24, 2.45) is 0 Å². The third-order valence-electron chi connectivity index (χ3n) is 3.67. The molecule has 0 saturated heterocycles. The predicted octanol–water partition coefficient (Wildman–Crippen LogP) is 5.06. The van der Waals surface area contributed by atoms with Gasteiger partial charge >= 0.3 is 0 Å². The van der Waals surface area contributed by atoms with Crippen molar-refractivity contribution in [1.82, 2.24) is 10.1 Å². The van der Waals surface area contributed by atoms with Gasteiger partial charge < -0.3 is 9.84 Å². The van der Waals surface area contributed by atoms with Crippen molar-refractivity contribution in [3.8, 4) is 11.4 Å². The van der Waals surface area contributed by atoms with E-state index in [4.69, 9.17) is 27.7 Å². The molecular formula is C18H14Cl2FN3O2. The number of nitrogens with zero attached hydrogens (tertiary/aromatic N) is 2. The SMILES string of the molecule is Cc1ccc(-c2noc(CCC(=O)Nc3ccc(Cl)c(Cl)c3)n2)cc1F. The normalized spacial score (nSPS) is 10.8. The first kappa shape index (κ1) is 18.4. The van der Waals surface area contributed by atoms with E-state index in [1.54, 1.807) is 37.3 Å². The first-order chi connectivity index (χ1) is 12.4. The van der Waals surface area contributed by atoms with Crippen molar-refractivity contribution in [3.05, 3.63) is 63.7 Å². The van der Waals surface area contributed by atoms with Gasteiger partial charge in [-0.1, -0.05) is 40.5 Å². The molecule has 1 aromatic heterocycles. The molecule has 0 radical (unpaired) electrons. The highest BCUT2D eigenvalue weighted by Gasteiger charge is 2.12. The maximum absolute atomic E-state index is 13.6. The average molecular weight is 394 g/mol. The van der Waals surface area contributed by atoms with Crippen LogP contribution in [-0.4, -0.2) is 16.0 Å². The smallest absolute Gasteiger partial charge is 0.227 e. The summed E-state index contributed by atoms with van der Waals surface area (Å²) in [4.78, 5) is 16.2. The Labute approximate surface area is 159 Å². The topological polar surface area (TPSA) is 68.0 Å². The number of nitrogens with one attached hydrogen (secondary N) is 1. The molecule has 134 valence electrons. The molecule has 0 spiro atoms. The summed E-state index contributed by atoms with van der Waals surface area (Å²) in [6, 6.07) is 9.53. The molecule has 8 heteroatoms. The van der Waals surface area contributed by atoms with Crippen LogP contribution in [0.2, 0.25) is 10.0 Å². The molecule has 0 bridgehead atoms. The molecule has 0 aliphatic heterocycles. The lowest BCUT2D eigenvalue weighted by Crippen LogP contribution is -2.12.